The van der Waals surface area contributed by atoms with Gasteiger partial charge in [0.15, 0.2) is 0 Å². The monoisotopic (exact) mass is 274 g/mol. The molecule has 0 aliphatic carbocycles. The summed E-state index contributed by atoms with van der Waals surface area (Å²) in [6, 6.07) is 6.96. The van der Waals surface area contributed by atoms with Crippen LogP contribution in [0.4, 0.5) is 11.4 Å². The lowest BCUT2D eigenvalue weighted by Gasteiger charge is -2.08. The van der Waals surface area contributed by atoms with E-state index in [2.05, 4.69) is 10.4 Å². The van der Waals surface area contributed by atoms with E-state index >= 15 is 0 Å². The molecule has 1 aromatic carbocycles. The van der Waals surface area contributed by atoms with Crippen LogP contribution >= 0.6 is 0 Å². The Morgan fingerprint density at radius 2 is 2.00 bits per heavy atom. The molecular formula is C14H18N4O2. The van der Waals surface area contributed by atoms with Crippen molar-refractivity contribution < 1.29 is 4.92 Å². The lowest BCUT2D eigenvalue weighted by Crippen LogP contribution is -2.04. The van der Waals surface area contributed by atoms with Crippen molar-refractivity contribution in [2.75, 3.05) is 12.4 Å². The first-order valence-electron chi connectivity index (χ1n) is 6.64. The Kier molecular flexibility index (Phi) is 4.02. The predicted molar refractivity (Wildman–Crippen MR) is 78.5 cm³/mol. The zero-order valence-corrected chi connectivity index (χ0v) is 11.9. The van der Waals surface area contributed by atoms with Crippen LogP contribution in [0, 0.1) is 10.1 Å². The minimum absolute atomic E-state index is 0.0578. The van der Waals surface area contributed by atoms with E-state index in [0.717, 1.165) is 24.2 Å². The molecule has 2 aromatic rings. The molecule has 0 unspecified atom stereocenters. The van der Waals surface area contributed by atoms with Gasteiger partial charge >= 0.3 is 0 Å². The van der Waals surface area contributed by atoms with Crippen molar-refractivity contribution in [2.45, 2.75) is 26.7 Å². The minimum atomic E-state index is -0.389. The van der Waals surface area contributed by atoms with E-state index in [1.807, 2.05) is 26.0 Å². The number of nitro groups is 1. The fraction of sp³-hybridized carbons (Fsp3) is 0.357. The molecule has 0 aliphatic rings. The Labute approximate surface area is 117 Å². The number of rotatable bonds is 5. The number of aryl methyl sites for hydroxylation is 2. The molecule has 0 atom stereocenters. The van der Waals surface area contributed by atoms with Gasteiger partial charge in [0, 0.05) is 30.6 Å². The highest BCUT2D eigenvalue weighted by atomic mass is 16.6. The minimum Gasteiger partial charge on any atom is -0.388 e. The highest BCUT2D eigenvalue weighted by Gasteiger charge is 2.13. The summed E-state index contributed by atoms with van der Waals surface area (Å²) in [6.07, 6.45) is 1.67. The Bertz CT molecular complexity index is 634. The fourth-order valence-corrected chi connectivity index (χ4v) is 2.09. The molecule has 6 nitrogen and oxygen atoms in total. The Morgan fingerprint density at radius 3 is 2.55 bits per heavy atom. The molecule has 6 heteroatoms. The van der Waals surface area contributed by atoms with Crippen LogP contribution in [-0.4, -0.2) is 21.8 Å². The maximum atomic E-state index is 11.0. The van der Waals surface area contributed by atoms with E-state index in [-0.39, 0.29) is 10.6 Å². The maximum Gasteiger partial charge on any atom is 0.273 e. The molecule has 0 saturated carbocycles. The Morgan fingerprint density at radius 1 is 1.25 bits per heavy atom. The fourth-order valence-electron chi connectivity index (χ4n) is 2.09. The maximum absolute atomic E-state index is 11.0. The second-order valence-corrected chi connectivity index (χ2v) is 4.49. The van der Waals surface area contributed by atoms with E-state index in [1.54, 1.807) is 17.8 Å². The Balaban J connectivity index is 2.59. The van der Waals surface area contributed by atoms with Crippen LogP contribution in [0.25, 0.3) is 5.69 Å². The van der Waals surface area contributed by atoms with Gasteiger partial charge in [0.25, 0.3) is 5.69 Å². The molecule has 1 heterocycles. The average Bonchev–Trinajstić information content (AvgIpc) is 2.90. The summed E-state index contributed by atoms with van der Waals surface area (Å²) in [6.45, 7) is 4.09. The number of benzene rings is 1. The third-order valence-corrected chi connectivity index (χ3v) is 3.20. The first-order valence-corrected chi connectivity index (χ1v) is 6.64. The number of anilines is 1. The van der Waals surface area contributed by atoms with Crippen LogP contribution in [-0.2, 0) is 12.8 Å². The second kappa shape index (κ2) is 5.73. The van der Waals surface area contributed by atoms with Gasteiger partial charge < -0.3 is 5.32 Å². The number of aromatic nitrogens is 2. The molecule has 0 amide bonds. The molecule has 0 fully saturated rings. The molecule has 0 spiro atoms. The third kappa shape index (κ3) is 2.64. The molecule has 20 heavy (non-hydrogen) atoms. The van der Waals surface area contributed by atoms with Gasteiger partial charge in [-0.3, -0.25) is 10.1 Å². The van der Waals surface area contributed by atoms with Gasteiger partial charge in [-0.05, 0) is 25.0 Å². The van der Waals surface area contributed by atoms with E-state index in [0.29, 0.717) is 11.4 Å². The van der Waals surface area contributed by atoms with Crippen LogP contribution in [0.1, 0.15) is 25.2 Å². The summed E-state index contributed by atoms with van der Waals surface area (Å²) in [5, 5.41) is 18.5. The van der Waals surface area contributed by atoms with Gasteiger partial charge in [-0.25, -0.2) is 4.68 Å². The van der Waals surface area contributed by atoms with Crippen LogP contribution < -0.4 is 5.32 Å². The molecule has 2 rings (SSSR count). The second-order valence-electron chi connectivity index (χ2n) is 4.49. The van der Waals surface area contributed by atoms with E-state index in [4.69, 9.17) is 0 Å². The number of nitro benzene ring substituents is 1. The van der Waals surface area contributed by atoms with Crippen LogP contribution in [0.3, 0.4) is 0 Å². The summed E-state index contributed by atoms with van der Waals surface area (Å²) < 4.78 is 1.78. The molecule has 1 aromatic heterocycles. The van der Waals surface area contributed by atoms with Crippen molar-refractivity contribution >= 4 is 11.4 Å². The first kappa shape index (κ1) is 14.0. The van der Waals surface area contributed by atoms with Crippen molar-refractivity contribution in [3.05, 3.63) is 45.8 Å². The lowest BCUT2D eigenvalue weighted by molar-refractivity contribution is -0.384. The zero-order chi connectivity index (χ0) is 14.7. The number of hydrogen-bond donors (Lipinski definition) is 1. The number of non-ortho nitro benzene ring substituents is 1. The lowest BCUT2D eigenvalue weighted by atomic mass is 10.2. The van der Waals surface area contributed by atoms with Gasteiger partial charge in [0.1, 0.15) is 0 Å². The zero-order valence-electron chi connectivity index (χ0n) is 11.9. The smallest absolute Gasteiger partial charge is 0.273 e. The summed E-state index contributed by atoms with van der Waals surface area (Å²) in [4.78, 5) is 10.6. The highest BCUT2D eigenvalue weighted by Crippen LogP contribution is 2.24. The normalized spacial score (nSPS) is 10.6. The van der Waals surface area contributed by atoms with Gasteiger partial charge in [0.05, 0.1) is 16.3 Å². The summed E-state index contributed by atoms with van der Waals surface area (Å²) in [7, 11) is 1.74. The average molecular weight is 274 g/mol. The van der Waals surface area contributed by atoms with Gasteiger partial charge in [0.2, 0.25) is 0 Å². The van der Waals surface area contributed by atoms with E-state index < -0.39 is 0 Å². The molecule has 0 aliphatic heterocycles. The summed E-state index contributed by atoms with van der Waals surface area (Å²) in [5.41, 5.74) is 3.50. The first-order chi connectivity index (χ1) is 9.58. The molecule has 106 valence electrons. The van der Waals surface area contributed by atoms with Gasteiger partial charge in [-0.15, -0.1) is 0 Å². The summed E-state index contributed by atoms with van der Waals surface area (Å²) >= 11 is 0. The SMILES string of the molecule is CCc1cc(CC)n(-c2cc(NC)cc([N+](=O)[O-])c2)n1. The number of hydrogen-bond acceptors (Lipinski definition) is 4. The van der Waals surface area contributed by atoms with Gasteiger partial charge in [-0.2, -0.15) is 5.10 Å². The molecular weight excluding hydrogens is 256 g/mol. The number of nitrogens with zero attached hydrogens (tertiary/aromatic N) is 3. The standard InChI is InChI=1S/C14H18N4O2/c1-4-10-6-12(5-2)17(16-10)13-7-11(15-3)8-14(9-13)18(19)20/h6-9,15H,4-5H2,1-3H3. The predicted octanol–water partition coefficient (Wildman–Crippen LogP) is 2.95. The van der Waals surface area contributed by atoms with Crippen molar-refractivity contribution in [1.82, 2.24) is 9.78 Å². The molecule has 0 radical (unpaired) electrons. The third-order valence-electron chi connectivity index (χ3n) is 3.20. The van der Waals surface area contributed by atoms with E-state index in [1.165, 1.54) is 6.07 Å². The number of nitrogens with one attached hydrogen (secondary N) is 1. The topological polar surface area (TPSA) is 73.0 Å². The largest absolute Gasteiger partial charge is 0.388 e. The van der Waals surface area contributed by atoms with Crippen LogP contribution in [0.5, 0.6) is 0 Å². The Hall–Kier alpha value is -2.37. The quantitative estimate of drug-likeness (QED) is 0.672. The van der Waals surface area contributed by atoms with Crippen molar-refractivity contribution in [2.24, 2.45) is 0 Å². The van der Waals surface area contributed by atoms with Gasteiger partial charge in [-0.1, -0.05) is 13.8 Å². The van der Waals surface area contributed by atoms with Crippen molar-refractivity contribution in [1.29, 1.82) is 0 Å². The highest BCUT2D eigenvalue weighted by molar-refractivity contribution is 5.58. The molecule has 0 saturated heterocycles. The van der Waals surface area contributed by atoms with Crippen LogP contribution in [0.15, 0.2) is 24.3 Å². The summed E-state index contributed by atoms with van der Waals surface area (Å²) in [5.74, 6) is 0. The van der Waals surface area contributed by atoms with Crippen molar-refractivity contribution in [3.63, 3.8) is 0 Å². The molecule has 0 bridgehead atoms. The molecule has 1 N–H and O–H groups in total. The van der Waals surface area contributed by atoms with Crippen molar-refractivity contribution in [3.8, 4) is 5.69 Å². The van der Waals surface area contributed by atoms with Crippen LogP contribution in [0.2, 0.25) is 0 Å². The van der Waals surface area contributed by atoms with E-state index in [9.17, 15) is 10.1 Å².